The third-order valence-corrected chi connectivity index (χ3v) is 23.4. The first kappa shape index (κ1) is 97.2. The Morgan fingerprint density at radius 2 is 1.11 bits per heavy atom. The number of aromatic amines is 1. The van der Waals surface area contributed by atoms with Crippen LogP contribution >= 0.6 is 23.5 Å². The van der Waals surface area contributed by atoms with E-state index in [4.69, 9.17) is 79.4 Å². The van der Waals surface area contributed by atoms with E-state index in [9.17, 15) is 68.1 Å². The average molecular weight is 1760 g/mol. The van der Waals surface area contributed by atoms with Crippen molar-refractivity contribution in [1.29, 1.82) is 10.8 Å². The van der Waals surface area contributed by atoms with Gasteiger partial charge >= 0.3 is 11.9 Å². The first-order valence-electron chi connectivity index (χ1n) is 41.0. The van der Waals surface area contributed by atoms with Crippen molar-refractivity contribution < 1.29 is 96.5 Å². The maximum Gasteiger partial charge on any atom is 0.313 e. The maximum atomic E-state index is 14.9. The zero-order chi connectivity index (χ0) is 89.4. The molecule has 676 valence electrons. The molecular weight excluding hydrogens is 1640 g/mol. The van der Waals surface area contributed by atoms with Gasteiger partial charge in [0, 0.05) is 85.7 Å². The summed E-state index contributed by atoms with van der Waals surface area (Å²) in [6.45, 7) is 0.408. The molecule has 8 rings (SSSR count). The van der Waals surface area contributed by atoms with Gasteiger partial charge in [0.25, 0.3) is 0 Å². The number of benzene rings is 2. The van der Waals surface area contributed by atoms with Gasteiger partial charge in [-0.15, -0.1) is 11.8 Å². The van der Waals surface area contributed by atoms with E-state index in [0.29, 0.717) is 73.5 Å². The number of ether oxygens (including phenoxy) is 6. The van der Waals surface area contributed by atoms with Crippen molar-refractivity contribution >= 4 is 111 Å². The maximum absolute atomic E-state index is 14.9. The standard InChI is InChI=1S/C80H119N21O20S2/c1-116-59-33-42(65-45-35-57-58(120-41-119-57)36-46(45)67(105)47-39-118-78(115)66(47)65)34-60(117-2)68(59)121-64(104)22-30-101-63(103)37-61(77(101)114)123-40-48(84)70(107)90-29-21-62(102)94-51(19-12-27-91-79(86)87)71(108)97-54(20-13-28-92-80(88)89)73(110)99-55(23-31-122-3)75(112)96-53(18-8-11-26-83)74(111)100-56(32-43-38-93-49-15-5-4-14-44(43)49)76(113)98-52(17-7-10-25-82)72(109)95-50(69(85)106)16-6-9-24-81/h4-5,14-15,33-38,45-48,50-56,65-67,93,103,105,114H,6-13,16-32,39-41,81-84H2,1-3H3,(H2,85,106)(H,90,107)(H,94,102)(H,95,109)(H,96,112)(H,97,108)(H,98,113)(H,99,110)(H,100,111)(H4,86,87,91)(H4,88,89,92)/t45?,46?,47-,48-,50-,51-,52-,53-,54-,55-,56-,65+,66-,67+/m0/s1. The van der Waals surface area contributed by atoms with Crippen LogP contribution in [0.2, 0.25) is 0 Å². The number of primary amides is 1. The molecule has 41 nitrogen and oxygen atoms in total. The number of nitrogens with two attached hydrogens (primary N) is 7. The number of hydrogen-bond acceptors (Lipinski definition) is 28. The predicted molar refractivity (Wildman–Crippen MR) is 455 cm³/mol. The summed E-state index contributed by atoms with van der Waals surface area (Å²) in [7, 11) is 2.71. The number of carbonyl (C=O) groups excluding carboxylic acids is 11. The summed E-state index contributed by atoms with van der Waals surface area (Å²) in [5.41, 5.74) is 42.4. The number of para-hydroxylation sites is 1. The van der Waals surface area contributed by atoms with E-state index in [-0.39, 0.29) is 150 Å². The zero-order valence-electron chi connectivity index (χ0n) is 69.2. The number of unbranched alkanes of at least 4 members (excludes halogenated alkanes) is 3. The second-order valence-corrected chi connectivity index (χ2v) is 32.3. The molecule has 2 saturated heterocycles. The van der Waals surface area contributed by atoms with Gasteiger partial charge in [-0.05, 0) is 169 Å². The molecule has 1 saturated carbocycles. The summed E-state index contributed by atoms with van der Waals surface area (Å²) in [6.07, 6.45) is 8.26. The van der Waals surface area contributed by atoms with Gasteiger partial charge in [0.15, 0.2) is 40.8 Å². The van der Waals surface area contributed by atoms with E-state index in [0.717, 1.165) is 27.2 Å². The van der Waals surface area contributed by atoms with Crippen molar-refractivity contribution in [3.8, 4) is 29.0 Å². The van der Waals surface area contributed by atoms with Gasteiger partial charge in [-0.2, -0.15) is 11.8 Å². The highest BCUT2D eigenvalue weighted by atomic mass is 32.2. The van der Waals surface area contributed by atoms with Crippen LogP contribution in [0.4, 0.5) is 0 Å². The first-order valence-corrected chi connectivity index (χ1v) is 43.4. The van der Waals surface area contributed by atoms with Gasteiger partial charge in [-0.1, -0.05) is 18.2 Å². The van der Waals surface area contributed by atoms with Crippen LogP contribution in [0.15, 0.2) is 77.2 Å². The van der Waals surface area contributed by atoms with Gasteiger partial charge in [0.05, 0.1) is 50.2 Å². The minimum absolute atomic E-state index is 0.000489. The molecule has 14 atom stereocenters. The first-order chi connectivity index (χ1) is 59.0. The Bertz CT molecular complexity index is 4390. The SMILES string of the molecule is COc1cc([C@@H]2C3C=C4OCOC4=CC3[C@@H](O)[C@H]3COC(=O)[C@@H]32)cc(OC)c1OC(=O)CCn1c(O)cc(SC[C@H](N)C(=O)NCCC(=O)N[C@@H](CCCNC(=N)N)C(=O)N[C@@H](CCCNC(=N)N)C(=O)N[C@@H](CCSC)C(=O)N[C@@H](CCCCN)C(=O)N[C@@H](Cc2c[nH]c3ccccc23)C(=O)N[C@@H](CCCCN)C(=O)N[C@@H](CCCCN)C(N)=O)c1O. The number of aliphatic hydroxyl groups excluding tert-OH is 1. The number of aliphatic hydroxyl groups is 1. The van der Waals surface area contributed by atoms with Crippen molar-refractivity contribution in [2.45, 2.75) is 181 Å². The van der Waals surface area contributed by atoms with E-state index >= 15 is 0 Å². The molecule has 2 aromatic heterocycles. The fraction of sp³-hybridized carbons (Fsp3) is 0.562. The highest BCUT2D eigenvalue weighted by Gasteiger charge is 2.58. The summed E-state index contributed by atoms with van der Waals surface area (Å²) in [5, 5.41) is 76.9. The van der Waals surface area contributed by atoms with Crippen LogP contribution in [0.25, 0.3) is 10.9 Å². The van der Waals surface area contributed by atoms with Gasteiger partial charge in [-0.25, -0.2) is 0 Å². The van der Waals surface area contributed by atoms with Crippen molar-refractivity contribution in [2.24, 2.45) is 63.8 Å². The second kappa shape index (κ2) is 48.6. The van der Waals surface area contributed by atoms with Crippen LogP contribution in [0.5, 0.6) is 29.0 Å². The summed E-state index contributed by atoms with van der Waals surface area (Å²) >= 11 is 2.24. The van der Waals surface area contributed by atoms with Crippen LogP contribution in [0.3, 0.4) is 0 Å². The summed E-state index contributed by atoms with van der Waals surface area (Å²) in [4.78, 5) is 158. The van der Waals surface area contributed by atoms with E-state index in [1.54, 1.807) is 36.7 Å². The Hall–Kier alpha value is -11.3. The highest BCUT2D eigenvalue weighted by Crippen LogP contribution is 2.56. The molecule has 0 bridgehead atoms. The smallest absolute Gasteiger partial charge is 0.313 e. The highest BCUT2D eigenvalue weighted by molar-refractivity contribution is 7.99. The Morgan fingerprint density at radius 3 is 1.65 bits per heavy atom. The number of guanidine groups is 2. The van der Waals surface area contributed by atoms with E-state index in [2.05, 4.69) is 58.2 Å². The van der Waals surface area contributed by atoms with Crippen molar-refractivity contribution in [3.63, 3.8) is 0 Å². The molecule has 43 heteroatoms. The molecule has 2 aliphatic heterocycles. The predicted octanol–water partition coefficient (Wildman–Crippen LogP) is -1.63. The summed E-state index contributed by atoms with van der Waals surface area (Å²) < 4.78 is 35.1. The third kappa shape index (κ3) is 27.9. The van der Waals surface area contributed by atoms with Gasteiger partial charge in [-0.3, -0.25) is 68.1 Å². The summed E-state index contributed by atoms with van der Waals surface area (Å²) in [5.74, 6) is -11.6. The van der Waals surface area contributed by atoms with Gasteiger partial charge in [0.2, 0.25) is 71.6 Å². The minimum Gasteiger partial charge on any atom is -0.494 e. The van der Waals surface area contributed by atoms with Crippen LogP contribution in [-0.2, 0) is 79.9 Å². The fourth-order valence-corrected chi connectivity index (χ4v) is 16.5. The van der Waals surface area contributed by atoms with E-state index < -0.39 is 174 Å². The second-order valence-electron chi connectivity index (χ2n) is 30.3. The number of hydrogen-bond donors (Lipinski definition) is 23. The number of carbonyl (C=O) groups is 11. The lowest BCUT2D eigenvalue weighted by Crippen LogP contribution is -2.60. The Labute approximate surface area is 719 Å². The molecule has 4 heterocycles. The summed E-state index contributed by atoms with van der Waals surface area (Å²) in [6, 6.07) is 1.28. The fourth-order valence-electron chi connectivity index (χ4n) is 15.1. The normalized spacial score (nSPS) is 18.7. The molecular formula is C80H119N21O20S2. The number of aromatic nitrogens is 2. The number of fused-ring (bicyclic) bond motifs is 4. The average Bonchev–Trinajstić information content (AvgIpc) is 1.64. The monoisotopic (exact) mass is 1760 g/mol. The molecule has 4 aliphatic rings. The number of nitrogens with one attached hydrogen (secondary N) is 13. The zero-order valence-corrected chi connectivity index (χ0v) is 70.9. The Morgan fingerprint density at radius 1 is 0.610 bits per heavy atom. The number of amides is 9. The molecule has 9 amide bonds. The van der Waals surface area contributed by atoms with Gasteiger partial charge < -0.3 is 142 Å². The van der Waals surface area contributed by atoms with Crippen molar-refractivity contribution in [1.82, 2.24) is 62.7 Å². The number of thioether (sulfide) groups is 2. The lowest BCUT2D eigenvalue weighted by Gasteiger charge is -2.45. The lowest BCUT2D eigenvalue weighted by molar-refractivity contribution is -0.143. The van der Waals surface area contributed by atoms with Gasteiger partial charge in [0.1, 0.15) is 42.3 Å². The van der Waals surface area contributed by atoms with E-state index in [1.807, 2.05) is 24.3 Å². The topological polar surface area (TPSA) is 675 Å². The van der Waals surface area contributed by atoms with Crippen LogP contribution in [0.1, 0.15) is 120 Å². The van der Waals surface area contributed by atoms with Crippen LogP contribution < -0.4 is 108 Å². The van der Waals surface area contributed by atoms with Crippen molar-refractivity contribution in [2.75, 3.05) is 84.6 Å². The molecule has 2 aliphatic carbocycles. The molecule has 123 heavy (non-hydrogen) atoms. The number of esters is 2. The Kier molecular flexibility index (Phi) is 38.4. The lowest BCUT2D eigenvalue weighted by atomic mass is 9.58. The number of aromatic hydroxyl groups is 2. The van der Waals surface area contributed by atoms with E-state index in [1.165, 1.54) is 32.0 Å². The third-order valence-electron chi connectivity index (χ3n) is 21.6. The number of cyclic esters (lactones) is 1. The number of methoxy groups -OCH3 is 2. The number of H-pyrrole nitrogens is 1. The number of nitrogens with zero attached hydrogens (tertiary/aromatic N) is 1. The molecule has 2 unspecified atom stereocenters. The van der Waals surface area contributed by atoms with Crippen LogP contribution in [-0.4, -0.2) is 241 Å². The number of rotatable bonds is 53. The quantitative estimate of drug-likeness (QED) is 0.00589. The molecule has 0 spiro atoms. The minimum atomic E-state index is -1.43. The Balaban J connectivity index is 0.889. The molecule has 3 fully saturated rings. The molecule has 0 radical (unpaired) electrons. The molecule has 4 aromatic rings. The largest absolute Gasteiger partial charge is 0.494 e. The van der Waals surface area contributed by atoms with Crippen molar-refractivity contribution in [3.05, 3.63) is 83.5 Å². The molecule has 2 aromatic carbocycles. The molecule has 30 N–H and O–H groups in total. The van der Waals surface area contributed by atoms with Crippen LogP contribution in [0, 0.1) is 34.5 Å². The number of allylic oxidation sites excluding steroid dienone is 1.